The third kappa shape index (κ3) is 6.41. The van der Waals surface area contributed by atoms with Crippen LogP contribution in [0.1, 0.15) is 47.2 Å². The van der Waals surface area contributed by atoms with Crippen molar-refractivity contribution in [2.75, 3.05) is 25.1 Å². The van der Waals surface area contributed by atoms with Gasteiger partial charge in [0.15, 0.2) is 0 Å². The number of nitrogens with zero attached hydrogens (tertiary/aromatic N) is 1. The van der Waals surface area contributed by atoms with Crippen molar-refractivity contribution in [3.63, 3.8) is 0 Å². The van der Waals surface area contributed by atoms with Crippen LogP contribution >= 0.6 is 11.3 Å². The Morgan fingerprint density at radius 3 is 2.18 bits per heavy atom. The lowest BCUT2D eigenvalue weighted by atomic mass is 10.1. The lowest BCUT2D eigenvalue weighted by Crippen LogP contribution is -2.16. The van der Waals surface area contributed by atoms with E-state index >= 15 is 0 Å². The van der Waals surface area contributed by atoms with E-state index in [0.29, 0.717) is 12.3 Å². The normalized spacial score (nSPS) is 10.4. The first-order chi connectivity index (χ1) is 16.4. The van der Waals surface area contributed by atoms with Gasteiger partial charge in [-0.25, -0.2) is 14.6 Å². The summed E-state index contributed by atoms with van der Waals surface area (Å²) in [5, 5.41) is 5.30. The SMILES string of the molecule is CCOC(=O)c1cc(NC(=O)Cc2csc(-c3ccccc3OCC)n2)cc(C(=O)OCC)c1. The van der Waals surface area contributed by atoms with Crippen molar-refractivity contribution in [3.05, 3.63) is 64.7 Å². The molecule has 178 valence electrons. The number of benzene rings is 2. The number of ether oxygens (including phenoxy) is 3. The van der Waals surface area contributed by atoms with Gasteiger partial charge in [-0.15, -0.1) is 11.3 Å². The first-order valence-corrected chi connectivity index (χ1v) is 11.8. The van der Waals surface area contributed by atoms with Gasteiger partial charge in [-0.1, -0.05) is 12.1 Å². The van der Waals surface area contributed by atoms with Crippen LogP contribution in [0.5, 0.6) is 5.75 Å². The first-order valence-electron chi connectivity index (χ1n) is 10.9. The van der Waals surface area contributed by atoms with E-state index in [0.717, 1.165) is 16.3 Å². The molecule has 0 bridgehead atoms. The predicted molar refractivity (Wildman–Crippen MR) is 129 cm³/mol. The lowest BCUT2D eigenvalue weighted by Gasteiger charge is -2.10. The van der Waals surface area contributed by atoms with E-state index in [2.05, 4.69) is 10.3 Å². The van der Waals surface area contributed by atoms with E-state index in [1.54, 1.807) is 13.8 Å². The third-order valence-electron chi connectivity index (χ3n) is 4.55. The van der Waals surface area contributed by atoms with Gasteiger partial charge < -0.3 is 19.5 Å². The quantitative estimate of drug-likeness (QED) is 0.416. The van der Waals surface area contributed by atoms with E-state index in [1.807, 2.05) is 36.6 Å². The standard InChI is InChI=1S/C25H26N2O6S/c1-4-31-21-10-8-7-9-20(21)23-27-19(15-34-23)14-22(28)26-18-12-16(24(29)32-5-2)11-17(13-18)25(30)33-6-3/h7-13,15H,4-6,14H2,1-3H3,(H,26,28). The number of carbonyl (C=O) groups is 3. The molecule has 0 aliphatic heterocycles. The highest BCUT2D eigenvalue weighted by atomic mass is 32.1. The molecule has 0 saturated heterocycles. The molecule has 0 fully saturated rings. The number of anilines is 1. The van der Waals surface area contributed by atoms with E-state index in [9.17, 15) is 14.4 Å². The molecule has 34 heavy (non-hydrogen) atoms. The predicted octanol–water partition coefficient (Wildman–Crippen LogP) is 4.74. The van der Waals surface area contributed by atoms with Gasteiger partial charge in [0.2, 0.25) is 5.91 Å². The van der Waals surface area contributed by atoms with E-state index in [-0.39, 0.29) is 42.4 Å². The van der Waals surface area contributed by atoms with E-state index in [4.69, 9.17) is 14.2 Å². The number of hydrogen-bond acceptors (Lipinski definition) is 8. The molecule has 1 amide bonds. The summed E-state index contributed by atoms with van der Waals surface area (Å²) in [4.78, 5) is 41.7. The average Bonchev–Trinajstić information content (AvgIpc) is 3.27. The van der Waals surface area contributed by atoms with Gasteiger partial charge in [0.05, 0.1) is 48.6 Å². The monoisotopic (exact) mass is 482 g/mol. The minimum Gasteiger partial charge on any atom is -0.493 e. The molecular weight excluding hydrogens is 456 g/mol. The molecule has 0 unspecified atom stereocenters. The topological polar surface area (TPSA) is 104 Å². The van der Waals surface area contributed by atoms with Gasteiger partial charge in [0.1, 0.15) is 10.8 Å². The molecule has 3 rings (SSSR count). The Morgan fingerprint density at radius 1 is 0.912 bits per heavy atom. The largest absolute Gasteiger partial charge is 0.493 e. The van der Waals surface area contributed by atoms with Crippen LogP contribution in [0.3, 0.4) is 0 Å². The number of rotatable bonds is 10. The van der Waals surface area contributed by atoms with Gasteiger partial charge in [0, 0.05) is 11.1 Å². The Balaban J connectivity index is 1.77. The molecular formula is C25H26N2O6S. The second-order valence-electron chi connectivity index (χ2n) is 7.04. The first kappa shape index (κ1) is 24.9. The molecule has 0 spiro atoms. The maximum absolute atomic E-state index is 12.7. The zero-order chi connectivity index (χ0) is 24.5. The smallest absolute Gasteiger partial charge is 0.338 e. The van der Waals surface area contributed by atoms with Crippen LogP contribution in [-0.4, -0.2) is 42.7 Å². The Hall–Kier alpha value is -3.72. The fourth-order valence-electron chi connectivity index (χ4n) is 3.17. The van der Waals surface area contributed by atoms with Crippen LogP contribution in [0.15, 0.2) is 47.8 Å². The summed E-state index contributed by atoms with van der Waals surface area (Å²) < 4.78 is 15.7. The van der Waals surface area contributed by atoms with Crippen molar-refractivity contribution in [1.82, 2.24) is 4.98 Å². The molecule has 2 aromatic carbocycles. The van der Waals surface area contributed by atoms with Crippen LogP contribution in [0.4, 0.5) is 5.69 Å². The molecule has 0 atom stereocenters. The molecule has 9 heteroatoms. The summed E-state index contributed by atoms with van der Waals surface area (Å²) in [5.41, 5.74) is 2.03. The number of carbonyl (C=O) groups excluding carboxylic acids is 3. The second-order valence-corrected chi connectivity index (χ2v) is 7.90. The van der Waals surface area contributed by atoms with Gasteiger partial charge in [-0.3, -0.25) is 4.79 Å². The Labute approximate surface area is 201 Å². The summed E-state index contributed by atoms with van der Waals surface area (Å²) in [7, 11) is 0. The van der Waals surface area contributed by atoms with Crippen molar-refractivity contribution in [1.29, 1.82) is 0 Å². The molecule has 0 saturated carbocycles. The Morgan fingerprint density at radius 2 is 1.56 bits per heavy atom. The fourth-order valence-corrected chi connectivity index (χ4v) is 4.02. The molecule has 0 aliphatic carbocycles. The molecule has 3 aromatic rings. The van der Waals surface area contributed by atoms with Crippen LogP contribution in [-0.2, 0) is 20.7 Å². The second kappa shape index (κ2) is 11.9. The number of aromatic nitrogens is 1. The number of thiazole rings is 1. The number of hydrogen-bond donors (Lipinski definition) is 1. The van der Waals surface area contributed by atoms with E-state index < -0.39 is 11.9 Å². The zero-order valence-electron chi connectivity index (χ0n) is 19.3. The van der Waals surface area contributed by atoms with Gasteiger partial charge in [-0.05, 0) is 51.1 Å². The van der Waals surface area contributed by atoms with Gasteiger partial charge in [-0.2, -0.15) is 0 Å². The Kier molecular flexibility index (Phi) is 8.75. The summed E-state index contributed by atoms with van der Waals surface area (Å²) in [6, 6.07) is 11.9. The lowest BCUT2D eigenvalue weighted by molar-refractivity contribution is -0.115. The van der Waals surface area contributed by atoms with Crippen LogP contribution in [0.25, 0.3) is 10.6 Å². The van der Waals surface area contributed by atoms with Gasteiger partial charge >= 0.3 is 11.9 Å². The maximum atomic E-state index is 12.7. The maximum Gasteiger partial charge on any atom is 0.338 e. The van der Waals surface area contributed by atoms with Crippen molar-refractivity contribution < 1.29 is 28.6 Å². The number of para-hydroxylation sites is 1. The van der Waals surface area contributed by atoms with Crippen LogP contribution < -0.4 is 10.1 Å². The number of nitrogens with one attached hydrogen (secondary N) is 1. The molecule has 1 aromatic heterocycles. The Bertz CT molecular complexity index is 1140. The average molecular weight is 483 g/mol. The van der Waals surface area contributed by atoms with Gasteiger partial charge in [0.25, 0.3) is 0 Å². The highest BCUT2D eigenvalue weighted by Gasteiger charge is 2.17. The molecule has 8 nitrogen and oxygen atoms in total. The summed E-state index contributed by atoms with van der Waals surface area (Å²) >= 11 is 1.42. The third-order valence-corrected chi connectivity index (χ3v) is 5.47. The summed E-state index contributed by atoms with van der Waals surface area (Å²) in [6.45, 7) is 6.19. The zero-order valence-corrected chi connectivity index (χ0v) is 20.1. The highest BCUT2D eigenvalue weighted by Crippen LogP contribution is 2.32. The van der Waals surface area contributed by atoms with Crippen molar-refractivity contribution in [2.24, 2.45) is 0 Å². The molecule has 0 radical (unpaired) electrons. The summed E-state index contributed by atoms with van der Waals surface area (Å²) in [5.74, 6) is -0.800. The minimum absolute atomic E-state index is 0.0195. The molecule has 1 N–H and O–H groups in total. The fraction of sp³-hybridized carbons (Fsp3) is 0.280. The van der Waals surface area contributed by atoms with Crippen LogP contribution in [0, 0.1) is 0 Å². The van der Waals surface area contributed by atoms with Crippen molar-refractivity contribution >= 4 is 34.9 Å². The highest BCUT2D eigenvalue weighted by molar-refractivity contribution is 7.13. The van der Waals surface area contributed by atoms with E-state index in [1.165, 1.54) is 29.5 Å². The molecule has 1 heterocycles. The number of esters is 2. The van der Waals surface area contributed by atoms with Crippen molar-refractivity contribution in [3.8, 4) is 16.3 Å². The van der Waals surface area contributed by atoms with Crippen molar-refractivity contribution in [2.45, 2.75) is 27.2 Å². The molecule has 0 aliphatic rings. The minimum atomic E-state index is -0.596. The summed E-state index contributed by atoms with van der Waals surface area (Å²) in [6.07, 6.45) is 0.0195. The van der Waals surface area contributed by atoms with Crippen LogP contribution in [0.2, 0.25) is 0 Å². The number of amides is 1.